The zero-order valence-corrected chi connectivity index (χ0v) is 13.0. The average Bonchev–Trinajstić information content (AvgIpc) is 2.53. The van der Waals surface area contributed by atoms with Crippen molar-refractivity contribution in [2.24, 2.45) is 0 Å². The zero-order valence-electron chi connectivity index (χ0n) is 11.5. The second-order valence-corrected chi connectivity index (χ2v) is 5.29. The van der Waals surface area contributed by atoms with Crippen LogP contribution in [0.2, 0.25) is 10.0 Å². The van der Waals surface area contributed by atoms with Crippen molar-refractivity contribution in [2.45, 2.75) is 6.54 Å². The maximum Gasteiger partial charge on any atom is 0.262 e. The molecule has 2 aromatic rings. The lowest BCUT2D eigenvalue weighted by atomic mass is 10.1. The number of carbonyl (C=O) groups is 1. The van der Waals surface area contributed by atoms with Gasteiger partial charge in [-0.25, -0.2) is 0 Å². The van der Waals surface area contributed by atoms with Crippen LogP contribution in [-0.2, 0) is 11.3 Å². The molecule has 3 nitrogen and oxygen atoms in total. The smallest absolute Gasteiger partial charge is 0.262 e. The Hall–Kier alpha value is -2.28. The molecule has 110 valence electrons. The number of carbonyl (C=O) groups excluding carboxylic acids is 1. The van der Waals surface area contributed by atoms with Crippen molar-refractivity contribution < 1.29 is 4.79 Å². The van der Waals surface area contributed by atoms with Gasteiger partial charge in [-0.05, 0) is 23.8 Å². The molecule has 22 heavy (non-hydrogen) atoms. The third kappa shape index (κ3) is 4.11. The summed E-state index contributed by atoms with van der Waals surface area (Å²) in [7, 11) is 0. The molecule has 1 amide bonds. The second-order valence-electron chi connectivity index (χ2n) is 4.47. The molecule has 0 unspecified atom stereocenters. The maximum absolute atomic E-state index is 12.1. The molecule has 0 aromatic heterocycles. The van der Waals surface area contributed by atoms with Crippen LogP contribution in [0.15, 0.2) is 54.1 Å². The summed E-state index contributed by atoms with van der Waals surface area (Å²) in [5, 5.41) is 12.6. The van der Waals surface area contributed by atoms with E-state index in [-0.39, 0.29) is 5.57 Å². The van der Waals surface area contributed by atoms with Gasteiger partial charge < -0.3 is 5.32 Å². The highest BCUT2D eigenvalue weighted by Gasteiger charge is 2.11. The minimum absolute atomic E-state index is 0.0501. The summed E-state index contributed by atoms with van der Waals surface area (Å²) in [6.45, 7) is 0.342. The van der Waals surface area contributed by atoms with Crippen LogP contribution >= 0.6 is 23.2 Å². The molecule has 0 fully saturated rings. The number of nitrogens with zero attached hydrogens (tertiary/aromatic N) is 1. The summed E-state index contributed by atoms with van der Waals surface area (Å²) < 4.78 is 0. The molecular formula is C17H12Cl2N2O. The van der Waals surface area contributed by atoms with Crippen LogP contribution in [0.1, 0.15) is 11.1 Å². The lowest BCUT2D eigenvalue weighted by Crippen LogP contribution is -2.23. The highest BCUT2D eigenvalue weighted by Crippen LogP contribution is 2.26. The minimum atomic E-state index is -0.470. The molecule has 0 saturated heterocycles. The van der Waals surface area contributed by atoms with Gasteiger partial charge in [0.2, 0.25) is 0 Å². The Balaban J connectivity index is 2.16. The largest absolute Gasteiger partial charge is 0.347 e. The van der Waals surface area contributed by atoms with Gasteiger partial charge in [0.05, 0.1) is 0 Å². The van der Waals surface area contributed by atoms with Gasteiger partial charge in [0, 0.05) is 22.2 Å². The molecule has 0 saturated carbocycles. The first kappa shape index (κ1) is 16.1. The highest BCUT2D eigenvalue weighted by atomic mass is 35.5. The van der Waals surface area contributed by atoms with Gasteiger partial charge in [-0.1, -0.05) is 59.6 Å². The molecule has 0 aliphatic rings. The van der Waals surface area contributed by atoms with E-state index in [4.69, 9.17) is 23.2 Å². The van der Waals surface area contributed by atoms with Gasteiger partial charge in [0.25, 0.3) is 5.91 Å². The van der Waals surface area contributed by atoms with E-state index in [1.165, 1.54) is 6.08 Å². The Morgan fingerprint density at radius 3 is 2.32 bits per heavy atom. The minimum Gasteiger partial charge on any atom is -0.347 e. The number of amides is 1. The number of nitriles is 1. The molecule has 2 rings (SSSR count). The van der Waals surface area contributed by atoms with E-state index < -0.39 is 5.91 Å². The van der Waals surface area contributed by atoms with Crippen LogP contribution in [0.4, 0.5) is 0 Å². The quantitative estimate of drug-likeness (QED) is 0.674. The summed E-state index contributed by atoms with van der Waals surface area (Å²) >= 11 is 12.1. The Morgan fingerprint density at radius 1 is 1.09 bits per heavy atom. The SMILES string of the molecule is N#C/C(=C/c1c(Cl)cccc1Cl)C(=O)NCc1ccccc1. The van der Waals surface area contributed by atoms with E-state index in [9.17, 15) is 10.1 Å². The monoisotopic (exact) mass is 330 g/mol. The Labute approximate surface area is 138 Å². The molecule has 0 radical (unpaired) electrons. The lowest BCUT2D eigenvalue weighted by Gasteiger charge is -2.06. The maximum atomic E-state index is 12.1. The molecular weight excluding hydrogens is 319 g/mol. The van der Waals surface area contributed by atoms with Gasteiger partial charge in [-0.2, -0.15) is 5.26 Å². The van der Waals surface area contributed by atoms with Crippen molar-refractivity contribution in [2.75, 3.05) is 0 Å². The topological polar surface area (TPSA) is 52.9 Å². The number of rotatable bonds is 4. The van der Waals surface area contributed by atoms with Crippen molar-refractivity contribution in [3.8, 4) is 6.07 Å². The fourth-order valence-corrected chi connectivity index (χ4v) is 2.32. The van der Waals surface area contributed by atoms with Crippen LogP contribution in [0.25, 0.3) is 6.08 Å². The summed E-state index contributed by atoms with van der Waals surface area (Å²) in [6.07, 6.45) is 1.39. The molecule has 0 spiro atoms. The number of halogens is 2. The van der Waals surface area contributed by atoms with Gasteiger partial charge in [-0.15, -0.1) is 0 Å². The molecule has 0 aliphatic heterocycles. The lowest BCUT2D eigenvalue weighted by molar-refractivity contribution is -0.117. The predicted octanol–water partition coefficient (Wildman–Crippen LogP) is 4.22. The second kappa shape index (κ2) is 7.65. The first-order chi connectivity index (χ1) is 10.6. The standard InChI is InChI=1S/C17H12Cl2N2O/c18-15-7-4-8-16(19)14(15)9-13(10-20)17(22)21-11-12-5-2-1-3-6-12/h1-9H,11H2,(H,21,22)/b13-9-. The van der Waals surface area contributed by atoms with E-state index in [1.807, 2.05) is 36.4 Å². The Bertz CT molecular complexity index is 729. The Kier molecular flexibility index (Phi) is 5.60. The van der Waals surface area contributed by atoms with Crippen molar-refractivity contribution in [1.82, 2.24) is 5.32 Å². The molecule has 5 heteroatoms. The van der Waals surface area contributed by atoms with Crippen molar-refractivity contribution in [1.29, 1.82) is 5.26 Å². The van der Waals surface area contributed by atoms with Crippen LogP contribution in [0, 0.1) is 11.3 Å². The summed E-state index contributed by atoms with van der Waals surface area (Å²) in [6, 6.07) is 16.3. The third-order valence-electron chi connectivity index (χ3n) is 2.95. The van der Waals surface area contributed by atoms with Crippen molar-refractivity contribution >= 4 is 35.2 Å². The fraction of sp³-hybridized carbons (Fsp3) is 0.0588. The number of hydrogen-bond donors (Lipinski definition) is 1. The van der Waals surface area contributed by atoms with Crippen LogP contribution in [-0.4, -0.2) is 5.91 Å². The van der Waals surface area contributed by atoms with Gasteiger partial charge >= 0.3 is 0 Å². The highest BCUT2D eigenvalue weighted by molar-refractivity contribution is 6.37. The van der Waals surface area contributed by atoms with Gasteiger partial charge in [0.1, 0.15) is 11.6 Å². The molecule has 0 heterocycles. The number of benzene rings is 2. The van der Waals surface area contributed by atoms with E-state index in [1.54, 1.807) is 18.2 Å². The van der Waals surface area contributed by atoms with Crippen LogP contribution < -0.4 is 5.32 Å². The molecule has 1 N–H and O–H groups in total. The average molecular weight is 331 g/mol. The van der Waals surface area contributed by atoms with E-state index >= 15 is 0 Å². The van der Waals surface area contributed by atoms with Crippen LogP contribution in [0.5, 0.6) is 0 Å². The fourth-order valence-electron chi connectivity index (χ4n) is 1.81. The number of nitrogens with one attached hydrogen (secondary N) is 1. The molecule has 0 atom stereocenters. The van der Waals surface area contributed by atoms with E-state index in [0.29, 0.717) is 22.2 Å². The normalized spacial score (nSPS) is 10.9. The van der Waals surface area contributed by atoms with Crippen LogP contribution in [0.3, 0.4) is 0 Å². The third-order valence-corrected chi connectivity index (χ3v) is 3.61. The molecule has 0 aliphatic carbocycles. The predicted molar refractivity (Wildman–Crippen MR) is 88.3 cm³/mol. The van der Waals surface area contributed by atoms with E-state index in [0.717, 1.165) is 5.56 Å². The zero-order chi connectivity index (χ0) is 15.9. The van der Waals surface area contributed by atoms with Gasteiger partial charge in [0.15, 0.2) is 0 Å². The van der Waals surface area contributed by atoms with E-state index in [2.05, 4.69) is 5.32 Å². The molecule has 2 aromatic carbocycles. The summed E-state index contributed by atoms with van der Waals surface area (Å²) in [5.74, 6) is -0.470. The van der Waals surface area contributed by atoms with Crippen molar-refractivity contribution in [3.05, 3.63) is 75.3 Å². The van der Waals surface area contributed by atoms with Crippen molar-refractivity contribution in [3.63, 3.8) is 0 Å². The summed E-state index contributed by atoms with van der Waals surface area (Å²) in [5.41, 5.74) is 1.35. The first-order valence-corrected chi connectivity index (χ1v) is 7.25. The summed E-state index contributed by atoms with van der Waals surface area (Å²) in [4.78, 5) is 12.1. The Morgan fingerprint density at radius 2 is 1.73 bits per heavy atom. The number of hydrogen-bond acceptors (Lipinski definition) is 2. The molecule has 0 bridgehead atoms. The van der Waals surface area contributed by atoms with Gasteiger partial charge in [-0.3, -0.25) is 4.79 Å². The first-order valence-electron chi connectivity index (χ1n) is 6.49.